The molecule has 1 aliphatic rings. The number of benzene rings is 1. The van der Waals surface area contributed by atoms with Crippen molar-refractivity contribution in [2.45, 2.75) is 66.5 Å². The number of ketones is 1. The zero-order chi connectivity index (χ0) is 39.9. The third kappa shape index (κ3) is 18.5. The summed E-state index contributed by atoms with van der Waals surface area (Å²) in [5.41, 5.74) is 1.33. The molecule has 0 unspecified atom stereocenters. The number of Topliss-reactive ketones (excluding diaryl/α,β-unsaturated/α-hetero) is 1. The van der Waals surface area contributed by atoms with Crippen LogP contribution in [0, 0.1) is 17.8 Å². The van der Waals surface area contributed by atoms with Crippen molar-refractivity contribution in [3.8, 4) is 0 Å². The number of hydrogen-bond donors (Lipinski definition) is 3. The standard InChI is InChI=1S/C38H56N4O12/c1-26(2)36(31(43)24-28(5)37(48)40-30-8-6-29(7-9-30)25-54-38(49)27(3)4)41-33(45)13-16-50-18-20-52-22-23-53-21-19-51-17-14-39-32(44)12-15-42-34(46)10-11-35(42)47/h6-11,26-28,36H,12-25H2,1-5H3,(H,39,44)(H,40,48)(H,41,45)/t28-,36+/m1/s1. The summed E-state index contributed by atoms with van der Waals surface area (Å²) in [6, 6.07) is 6.17. The fourth-order valence-electron chi connectivity index (χ4n) is 4.80. The van der Waals surface area contributed by atoms with Crippen LogP contribution in [0.5, 0.6) is 0 Å². The van der Waals surface area contributed by atoms with Crippen LogP contribution in [0.15, 0.2) is 36.4 Å². The Morgan fingerprint density at radius 2 is 1.26 bits per heavy atom. The van der Waals surface area contributed by atoms with Gasteiger partial charge < -0.3 is 39.6 Å². The SMILES string of the molecule is CC(C)C(=O)OCc1ccc(NC(=O)[C@H](C)CC(=O)[C@@H](NC(=O)CCOCCOCCOCCOCCNC(=O)CCN2C(=O)C=CC2=O)C(C)C)cc1. The van der Waals surface area contributed by atoms with Crippen LogP contribution < -0.4 is 16.0 Å². The summed E-state index contributed by atoms with van der Waals surface area (Å²) in [6.07, 6.45) is 2.39. The minimum Gasteiger partial charge on any atom is -0.461 e. The highest BCUT2D eigenvalue weighted by molar-refractivity contribution is 6.13. The number of rotatable bonds is 28. The van der Waals surface area contributed by atoms with E-state index in [4.69, 9.17) is 23.7 Å². The van der Waals surface area contributed by atoms with E-state index < -0.39 is 23.8 Å². The molecule has 54 heavy (non-hydrogen) atoms. The molecule has 1 aliphatic heterocycles. The largest absolute Gasteiger partial charge is 0.461 e. The maximum atomic E-state index is 13.1. The summed E-state index contributed by atoms with van der Waals surface area (Å²) in [7, 11) is 0. The Morgan fingerprint density at radius 1 is 0.704 bits per heavy atom. The average molecular weight is 761 g/mol. The van der Waals surface area contributed by atoms with E-state index in [0.717, 1.165) is 10.5 Å². The van der Waals surface area contributed by atoms with E-state index in [2.05, 4.69) is 16.0 Å². The number of ether oxygens (including phenoxy) is 5. The van der Waals surface area contributed by atoms with Gasteiger partial charge in [-0.25, -0.2) is 0 Å². The van der Waals surface area contributed by atoms with Gasteiger partial charge in [0.25, 0.3) is 11.8 Å². The van der Waals surface area contributed by atoms with Gasteiger partial charge in [-0.2, -0.15) is 0 Å². The molecule has 0 saturated heterocycles. The summed E-state index contributed by atoms with van der Waals surface area (Å²) in [4.78, 5) is 85.9. The molecule has 16 nitrogen and oxygen atoms in total. The molecular weight excluding hydrogens is 704 g/mol. The van der Waals surface area contributed by atoms with Crippen LogP contribution in [-0.2, 0) is 63.9 Å². The van der Waals surface area contributed by atoms with Crippen molar-refractivity contribution in [2.24, 2.45) is 17.8 Å². The first-order valence-corrected chi connectivity index (χ1v) is 18.3. The van der Waals surface area contributed by atoms with Crippen LogP contribution in [0.2, 0.25) is 0 Å². The molecule has 1 heterocycles. The Morgan fingerprint density at radius 3 is 1.81 bits per heavy atom. The highest BCUT2D eigenvalue weighted by atomic mass is 16.6. The second kappa shape index (κ2) is 25.5. The molecule has 3 N–H and O–H groups in total. The summed E-state index contributed by atoms with van der Waals surface area (Å²) >= 11 is 0. The highest BCUT2D eigenvalue weighted by Crippen LogP contribution is 2.16. The third-order valence-corrected chi connectivity index (χ3v) is 7.98. The lowest BCUT2D eigenvalue weighted by Gasteiger charge is -2.23. The third-order valence-electron chi connectivity index (χ3n) is 7.98. The van der Waals surface area contributed by atoms with Gasteiger partial charge in [0.05, 0.1) is 64.8 Å². The zero-order valence-electron chi connectivity index (χ0n) is 32.0. The highest BCUT2D eigenvalue weighted by Gasteiger charge is 2.27. The molecule has 0 saturated carbocycles. The lowest BCUT2D eigenvalue weighted by molar-refractivity contribution is -0.148. The Bertz CT molecular complexity index is 1400. The minimum atomic E-state index is -0.745. The monoisotopic (exact) mass is 760 g/mol. The smallest absolute Gasteiger partial charge is 0.308 e. The van der Waals surface area contributed by atoms with E-state index in [-0.39, 0.29) is 93.5 Å². The Balaban J connectivity index is 1.48. The molecule has 2 rings (SSSR count). The molecular formula is C38H56N4O12. The van der Waals surface area contributed by atoms with Crippen LogP contribution in [-0.4, -0.2) is 118 Å². The first kappa shape index (κ1) is 45.6. The number of amides is 5. The van der Waals surface area contributed by atoms with Gasteiger partial charge in [-0.3, -0.25) is 38.5 Å². The Kier molecular flexibility index (Phi) is 21.6. The van der Waals surface area contributed by atoms with Gasteiger partial charge in [0.15, 0.2) is 5.78 Å². The van der Waals surface area contributed by atoms with E-state index in [0.29, 0.717) is 45.3 Å². The lowest BCUT2D eigenvalue weighted by Crippen LogP contribution is -2.45. The van der Waals surface area contributed by atoms with Gasteiger partial charge in [0.2, 0.25) is 17.7 Å². The summed E-state index contributed by atoms with van der Waals surface area (Å²) in [6.45, 7) is 11.7. The number of esters is 1. The Hall–Kier alpha value is -4.51. The van der Waals surface area contributed by atoms with Crippen LogP contribution in [0.4, 0.5) is 5.69 Å². The number of nitrogens with one attached hydrogen (secondary N) is 3. The van der Waals surface area contributed by atoms with Crippen molar-refractivity contribution in [3.63, 3.8) is 0 Å². The molecule has 300 valence electrons. The van der Waals surface area contributed by atoms with Crippen LogP contribution >= 0.6 is 0 Å². The van der Waals surface area contributed by atoms with Gasteiger partial charge in [-0.15, -0.1) is 0 Å². The normalized spacial score (nSPS) is 13.6. The van der Waals surface area contributed by atoms with E-state index in [1.54, 1.807) is 45.0 Å². The van der Waals surface area contributed by atoms with E-state index >= 15 is 0 Å². The molecule has 2 atom stereocenters. The van der Waals surface area contributed by atoms with Gasteiger partial charge >= 0.3 is 5.97 Å². The maximum Gasteiger partial charge on any atom is 0.308 e. The molecule has 0 aromatic heterocycles. The number of hydrogen-bond acceptors (Lipinski definition) is 12. The first-order valence-electron chi connectivity index (χ1n) is 18.3. The van der Waals surface area contributed by atoms with Gasteiger partial charge in [0.1, 0.15) is 6.61 Å². The zero-order valence-corrected chi connectivity index (χ0v) is 32.0. The first-order chi connectivity index (χ1) is 25.8. The van der Waals surface area contributed by atoms with Crippen LogP contribution in [0.25, 0.3) is 0 Å². The fraction of sp³-hybridized carbons (Fsp3) is 0.605. The van der Waals surface area contributed by atoms with Crippen molar-refractivity contribution in [1.82, 2.24) is 15.5 Å². The van der Waals surface area contributed by atoms with Crippen LogP contribution in [0.1, 0.15) is 59.4 Å². The topological polar surface area (TPSA) is 205 Å². The number of nitrogens with zero attached hydrogens (tertiary/aromatic N) is 1. The second-order valence-corrected chi connectivity index (χ2v) is 13.3. The van der Waals surface area contributed by atoms with Crippen molar-refractivity contribution in [1.29, 1.82) is 0 Å². The predicted molar refractivity (Wildman–Crippen MR) is 197 cm³/mol. The minimum absolute atomic E-state index is 0.0228. The van der Waals surface area contributed by atoms with E-state index in [1.807, 2.05) is 13.8 Å². The molecule has 0 aliphatic carbocycles. The molecule has 1 aromatic carbocycles. The van der Waals surface area contributed by atoms with E-state index in [1.165, 1.54) is 12.2 Å². The quantitative estimate of drug-likeness (QED) is 0.0637. The Labute approximate surface area is 317 Å². The van der Waals surface area contributed by atoms with E-state index in [9.17, 15) is 33.6 Å². The molecule has 0 radical (unpaired) electrons. The molecule has 16 heteroatoms. The molecule has 0 fully saturated rings. The number of anilines is 1. The van der Waals surface area contributed by atoms with Gasteiger partial charge in [-0.05, 0) is 23.6 Å². The predicted octanol–water partition coefficient (Wildman–Crippen LogP) is 1.95. The van der Waals surface area contributed by atoms with Crippen molar-refractivity contribution in [2.75, 3.05) is 71.3 Å². The van der Waals surface area contributed by atoms with Crippen molar-refractivity contribution >= 4 is 47.0 Å². The van der Waals surface area contributed by atoms with Crippen LogP contribution in [0.3, 0.4) is 0 Å². The number of imide groups is 1. The molecule has 0 spiro atoms. The second-order valence-electron chi connectivity index (χ2n) is 13.3. The maximum absolute atomic E-state index is 13.1. The fourth-order valence-corrected chi connectivity index (χ4v) is 4.80. The lowest BCUT2D eigenvalue weighted by atomic mass is 9.92. The van der Waals surface area contributed by atoms with Crippen molar-refractivity contribution in [3.05, 3.63) is 42.0 Å². The molecule has 0 bridgehead atoms. The van der Waals surface area contributed by atoms with Crippen molar-refractivity contribution < 1.29 is 57.2 Å². The molecule has 1 aromatic rings. The average Bonchev–Trinajstić information content (AvgIpc) is 3.46. The molecule has 5 amide bonds. The van der Waals surface area contributed by atoms with Gasteiger partial charge in [-0.1, -0.05) is 46.8 Å². The number of carbonyl (C=O) groups is 7. The summed E-state index contributed by atoms with van der Waals surface area (Å²) in [5, 5.41) is 8.23. The summed E-state index contributed by atoms with van der Waals surface area (Å²) < 4.78 is 27.0. The number of carbonyl (C=O) groups excluding carboxylic acids is 7. The summed E-state index contributed by atoms with van der Waals surface area (Å²) in [5.74, 6) is -3.33. The van der Waals surface area contributed by atoms with Gasteiger partial charge in [0, 0.05) is 56.1 Å².